The van der Waals surface area contributed by atoms with Gasteiger partial charge >= 0.3 is 0 Å². The number of nitrogens with zero attached hydrogens (tertiary/aromatic N) is 2. The Morgan fingerprint density at radius 2 is 2.10 bits per heavy atom. The van der Waals surface area contributed by atoms with Crippen LogP contribution in [0.5, 0.6) is 0 Å². The number of anilines is 3. The van der Waals surface area contributed by atoms with Gasteiger partial charge in [-0.2, -0.15) is 5.26 Å². The maximum Gasteiger partial charge on any atom is 0.0665 e. The van der Waals surface area contributed by atoms with Crippen LogP contribution in [0.3, 0.4) is 0 Å². The lowest BCUT2D eigenvalue weighted by atomic mass is 9.99. The van der Waals surface area contributed by atoms with Crippen molar-refractivity contribution < 1.29 is 0 Å². The standard InChI is InChI=1S/C17H15N3/c18-10-8-14-13-5-3-4-12-9-11-20(17(12)13)16-7-2-1-6-15(16)19-14/h1-7,14,19H,8-9,11H2. The molecule has 0 fully saturated rings. The molecule has 0 amide bonds. The molecule has 2 aliphatic heterocycles. The molecule has 1 N–H and O–H groups in total. The Hall–Kier alpha value is -2.47. The Balaban J connectivity index is 1.97. The summed E-state index contributed by atoms with van der Waals surface area (Å²) in [7, 11) is 0. The highest BCUT2D eigenvalue weighted by atomic mass is 15.2. The number of benzene rings is 2. The van der Waals surface area contributed by atoms with E-state index < -0.39 is 0 Å². The number of hydrogen-bond donors (Lipinski definition) is 1. The second-order valence-electron chi connectivity index (χ2n) is 5.33. The molecule has 0 spiro atoms. The zero-order valence-corrected chi connectivity index (χ0v) is 11.1. The van der Waals surface area contributed by atoms with Gasteiger partial charge in [0, 0.05) is 12.2 Å². The molecule has 2 heterocycles. The van der Waals surface area contributed by atoms with Crippen LogP contribution >= 0.6 is 0 Å². The molecule has 98 valence electrons. The third-order valence-corrected chi connectivity index (χ3v) is 4.22. The molecule has 3 nitrogen and oxygen atoms in total. The van der Waals surface area contributed by atoms with E-state index in [1.807, 2.05) is 6.07 Å². The van der Waals surface area contributed by atoms with Crippen LogP contribution in [0.2, 0.25) is 0 Å². The van der Waals surface area contributed by atoms with Crippen molar-refractivity contribution in [1.29, 1.82) is 5.26 Å². The first-order valence-corrected chi connectivity index (χ1v) is 7.00. The SMILES string of the molecule is N#CCC1Nc2ccccc2N2CCc3cccc1c32. The molecule has 0 aromatic heterocycles. The van der Waals surface area contributed by atoms with Gasteiger partial charge in [0.05, 0.1) is 29.9 Å². The van der Waals surface area contributed by atoms with Crippen LogP contribution in [0.25, 0.3) is 0 Å². The lowest BCUT2D eigenvalue weighted by molar-refractivity contribution is 0.811. The van der Waals surface area contributed by atoms with Crippen LogP contribution in [0.4, 0.5) is 17.1 Å². The highest BCUT2D eigenvalue weighted by Gasteiger charge is 2.31. The molecule has 3 heteroatoms. The summed E-state index contributed by atoms with van der Waals surface area (Å²) in [6.45, 7) is 1.02. The molecule has 1 atom stereocenters. The van der Waals surface area contributed by atoms with Crippen LogP contribution in [-0.2, 0) is 6.42 Å². The van der Waals surface area contributed by atoms with E-state index in [0.29, 0.717) is 6.42 Å². The van der Waals surface area contributed by atoms with Crippen LogP contribution < -0.4 is 10.2 Å². The van der Waals surface area contributed by atoms with Gasteiger partial charge in [-0.3, -0.25) is 0 Å². The lowest BCUT2D eigenvalue weighted by Crippen LogP contribution is -2.13. The van der Waals surface area contributed by atoms with Crippen molar-refractivity contribution in [2.75, 3.05) is 16.8 Å². The fraction of sp³-hybridized carbons (Fsp3) is 0.235. The number of rotatable bonds is 1. The van der Waals surface area contributed by atoms with E-state index in [0.717, 1.165) is 18.7 Å². The largest absolute Gasteiger partial charge is 0.375 e. The Morgan fingerprint density at radius 3 is 3.00 bits per heavy atom. The lowest BCUT2D eigenvalue weighted by Gasteiger charge is -2.21. The summed E-state index contributed by atoms with van der Waals surface area (Å²) in [6.07, 6.45) is 1.56. The molecular formula is C17H15N3. The molecule has 0 saturated heterocycles. The van der Waals surface area contributed by atoms with Crippen molar-refractivity contribution in [3.8, 4) is 6.07 Å². The fourth-order valence-electron chi connectivity index (χ4n) is 3.36. The van der Waals surface area contributed by atoms with Gasteiger partial charge in [0.1, 0.15) is 0 Å². The van der Waals surface area contributed by atoms with Crippen molar-refractivity contribution in [2.45, 2.75) is 18.9 Å². The third kappa shape index (κ3) is 1.51. The second-order valence-corrected chi connectivity index (χ2v) is 5.33. The normalized spacial score (nSPS) is 18.6. The van der Waals surface area contributed by atoms with Gasteiger partial charge in [0.25, 0.3) is 0 Å². The van der Waals surface area contributed by atoms with Crippen molar-refractivity contribution >= 4 is 17.1 Å². The maximum atomic E-state index is 9.13. The summed E-state index contributed by atoms with van der Waals surface area (Å²) in [5.41, 5.74) is 6.29. The minimum atomic E-state index is 0.0687. The highest BCUT2D eigenvalue weighted by Crippen LogP contribution is 2.46. The van der Waals surface area contributed by atoms with E-state index in [1.54, 1.807) is 0 Å². The monoisotopic (exact) mass is 261 g/mol. The number of nitriles is 1. The van der Waals surface area contributed by atoms with Crippen LogP contribution in [0, 0.1) is 11.3 Å². The summed E-state index contributed by atoms with van der Waals surface area (Å²) in [5, 5.41) is 12.7. The van der Waals surface area contributed by atoms with Crippen molar-refractivity contribution in [3.05, 3.63) is 53.6 Å². The molecule has 0 saturated carbocycles. The average molecular weight is 261 g/mol. The zero-order valence-electron chi connectivity index (χ0n) is 11.1. The molecular weight excluding hydrogens is 246 g/mol. The predicted molar refractivity (Wildman–Crippen MR) is 80.2 cm³/mol. The molecule has 0 aliphatic carbocycles. The van der Waals surface area contributed by atoms with E-state index in [1.165, 1.54) is 22.5 Å². The van der Waals surface area contributed by atoms with E-state index in [2.05, 4.69) is 52.7 Å². The van der Waals surface area contributed by atoms with E-state index in [9.17, 15) is 0 Å². The van der Waals surface area contributed by atoms with E-state index in [-0.39, 0.29) is 6.04 Å². The van der Waals surface area contributed by atoms with Gasteiger partial charge in [-0.25, -0.2) is 0 Å². The maximum absolute atomic E-state index is 9.13. The minimum absolute atomic E-state index is 0.0687. The fourth-order valence-corrected chi connectivity index (χ4v) is 3.36. The number of nitrogens with one attached hydrogen (secondary N) is 1. The average Bonchev–Trinajstić information content (AvgIpc) is 2.85. The Labute approximate surface area is 118 Å². The van der Waals surface area contributed by atoms with Gasteiger partial charge in [-0.1, -0.05) is 30.3 Å². The highest BCUT2D eigenvalue weighted by molar-refractivity contribution is 5.84. The van der Waals surface area contributed by atoms with Gasteiger partial charge < -0.3 is 10.2 Å². The summed E-state index contributed by atoms with van der Waals surface area (Å²) in [4.78, 5) is 2.39. The summed E-state index contributed by atoms with van der Waals surface area (Å²) >= 11 is 0. The van der Waals surface area contributed by atoms with E-state index >= 15 is 0 Å². The summed E-state index contributed by atoms with van der Waals surface area (Å²) in [6, 6.07) is 17.2. The topological polar surface area (TPSA) is 39.1 Å². The molecule has 0 bridgehead atoms. The van der Waals surface area contributed by atoms with Crippen LogP contribution in [0.15, 0.2) is 42.5 Å². The first kappa shape index (κ1) is 11.4. The first-order valence-electron chi connectivity index (χ1n) is 7.00. The third-order valence-electron chi connectivity index (χ3n) is 4.22. The Morgan fingerprint density at radius 1 is 1.20 bits per heavy atom. The number of hydrogen-bond acceptors (Lipinski definition) is 3. The number of para-hydroxylation sites is 3. The van der Waals surface area contributed by atoms with Gasteiger partial charge in [-0.05, 0) is 29.7 Å². The molecule has 2 aliphatic rings. The number of fused-ring (bicyclic) bond motifs is 2. The zero-order chi connectivity index (χ0) is 13.5. The Bertz CT molecular complexity index is 714. The van der Waals surface area contributed by atoms with Crippen LogP contribution in [-0.4, -0.2) is 6.54 Å². The molecule has 1 unspecified atom stereocenters. The smallest absolute Gasteiger partial charge is 0.0665 e. The minimum Gasteiger partial charge on any atom is -0.375 e. The van der Waals surface area contributed by atoms with E-state index in [4.69, 9.17) is 5.26 Å². The quantitative estimate of drug-likeness (QED) is 0.849. The van der Waals surface area contributed by atoms with Crippen LogP contribution in [0.1, 0.15) is 23.6 Å². The van der Waals surface area contributed by atoms with Gasteiger partial charge in [0.2, 0.25) is 0 Å². The van der Waals surface area contributed by atoms with Gasteiger partial charge in [0.15, 0.2) is 0 Å². The molecule has 2 aromatic rings. The molecule has 20 heavy (non-hydrogen) atoms. The van der Waals surface area contributed by atoms with Crippen molar-refractivity contribution in [3.63, 3.8) is 0 Å². The predicted octanol–water partition coefficient (Wildman–Crippen LogP) is 3.76. The van der Waals surface area contributed by atoms with Gasteiger partial charge in [-0.15, -0.1) is 0 Å². The Kier molecular flexibility index (Phi) is 2.43. The van der Waals surface area contributed by atoms with Crippen molar-refractivity contribution in [1.82, 2.24) is 0 Å². The van der Waals surface area contributed by atoms with Crippen molar-refractivity contribution in [2.24, 2.45) is 0 Å². The molecule has 4 rings (SSSR count). The summed E-state index contributed by atoms with van der Waals surface area (Å²) < 4.78 is 0. The summed E-state index contributed by atoms with van der Waals surface area (Å²) in [5.74, 6) is 0. The second kappa shape index (κ2) is 4.28. The molecule has 2 aromatic carbocycles. The first-order chi connectivity index (χ1) is 9.88. The molecule has 0 radical (unpaired) electrons.